The zero-order chi connectivity index (χ0) is 21.8. The van der Waals surface area contributed by atoms with Crippen molar-refractivity contribution in [1.29, 1.82) is 0 Å². The van der Waals surface area contributed by atoms with Gasteiger partial charge in [0.2, 0.25) is 5.91 Å². The highest BCUT2D eigenvalue weighted by Gasteiger charge is 2.23. The number of benzene rings is 2. The number of hydrogen-bond donors (Lipinski definition) is 2. The van der Waals surface area contributed by atoms with Crippen LogP contribution < -0.4 is 15.4 Å². The molecule has 0 spiro atoms. The molecule has 3 aromatic rings. The van der Waals surface area contributed by atoms with Gasteiger partial charge in [-0.05, 0) is 55.3 Å². The summed E-state index contributed by atoms with van der Waals surface area (Å²) in [7, 11) is 1.89. The number of carbonyl (C=O) groups is 2. The van der Waals surface area contributed by atoms with E-state index in [1.165, 1.54) is 0 Å². The molecular formula is C22H23ClN4O4. The summed E-state index contributed by atoms with van der Waals surface area (Å²) >= 11 is 5.84. The van der Waals surface area contributed by atoms with Crippen LogP contribution in [-0.2, 0) is 27.9 Å². The Bertz CT molecular complexity index is 1090. The second-order valence-corrected chi connectivity index (χ2v) is 7.74. The van der Waals surface area contributed by atoms with Gasteiger partial charge in [0.25, 0.3) is 5.91 Å². The van der Waals surface area contributed by atoms with Crippen LogP contribution in [0.4, 0.5) is 5.69 Å². The number of aryl methyl sites for hydroxylation is 1. The molecule has 31 heavy (non-hydrogen) atoms. The Morgan fingerprint density at radius 3 is 2.81 bits per heavy atom. The number of fused-ring (bicyclic) bond motifs is 1. The molecule has 1 aromatic heterocycles. The van der Waals surface area contributed by atoms with Crippen LogP contribution in [0, 0.1) is 0 Å². The highest BCUT2D eigenvalue weighted by Crippen LogP contribution is 2.20. The summed E-state index contributed by atoms with van der Waals surface area (Å²) in [6.07, 6.45) is 1.29. The molecule has 1 aliphatic rings. The average molecular weight is 443 g/mol. The Balaban J connectivity index is 1.36. The van der Waals surface area contributed by atoms with E-state index in [2.05, 4.69) is 15.6 Å². The molecular weight excluding hydrogens is 420 g/mol. The molecule has 1 fully saturated rings. The third-order valence-corrected chi connectivity index (χ3v) is 5.34. The van der Waals surface area contributed by atoms with Crippen molar-refractivity contribution in [1.82, 2.24) is 14.9 Å². The summed E-state index contributed by atoms with van der Waals surface area (Å²) in [6, 6.07) is 12.3. The molecule has 2 amide bonds. The molecule has 162 valence electrons. The summed E-state index contributed by atoms with van der Waals surface area (Å²) in [5.74, 6) is 0.887. The van der Waals surface area contributed by atoms with E-state index in [0.717, 1.165) is 29.7 Å². The van der Waals surface area contributed by atoms with Gasteiger partial charge in [0.15, 0.2) is 6.61 Å². The minimum atomic E-state index is -0.369. The van der Waals surface area contributed by atoms with Crippen LogP contribution in [0.25, 0.3) is 11.0 Å². The summed E-state index contributed by atoms with van der Waals surface area (Å²) in [4.78, 5) is 29.0. The van der Waals surface area contributed by atoms with E-state index >= 15 is 0 Å². The number of rotatable bonds is 7. The Kier molecular flexibility index (Phi) is 6.39. The van der Waals surface area contributed by atoms with Crippen LogP contribution in [0.3, 0.4) is 0 Å². The van der Waals surface area contributed by atoms with Crippen molar-refractivity contribution in [2.45, 2.75) is 25.5 Å². The van der Waals surface area contributed by atoms with Gasteiger partial charge in [-0.1, -0.05) is 11.6 Å². The Labute approximate surface area is 184 Å². The van der Waals surface area contributed by atoms with Gasteiger partial charge in [0.05, 0.1) is 17.6 Å². The maximum absolute atomic E-state index is 12.2. The zero-order valence-electron chi connectivity index (χ0n) is 17.1. The predicted octanol–water partition coefficient (Wildman–Crippen LogP) is 3.04. The molecule has 1 saturated heterocycles. The maximum Gasteiger partial charge on any atom is 0.262 e. The second-order valence-electron chi connectivity index (χ2n) is 7.30. The number of imidazole rings is 1. The second kappa shape index (κ2) is 9.36. The standard InChI is InChI=1S/C22H23ClN4O4/c1-27-18-9-6-15(25-21(28)13-31-16-7-4-14(23)5-8-16)11-17(18)26-20(27)12-24-22(29)19-3-2-10-30-19/h4-9,11,19H,2-3,10,12-13H2,1H3,(H,24,29)(H,25,28)/t19-/m1/s1. The SMILES string of the molecule is Cn1c(CNC(=O)[C@H]2CCCO2)nc2cc(NC(=O)COc3ccc(Cl)cc3)ccc21. The zero-order valence-corrected chi connectivity index (χ0v) is 17.8. The van der Waals surface area contributed by atoms with Crippen LogP contribution in [0.1, 0.15) is 18.7 Å². The molecule has 0 radical (unpaired) electrons. The van der Waals surface area contributed by atoms with Crippen molar-refractivity contribution >= 4 is 40.1 Å². The summed E-state index contributed by atoms with van der Waals surface area (Å²) in [6.45, 7) is 0.812. The van der Waals surface area contributed by atoms with Crippen LogP contribution >= 0.6 is 11.6 Å². The number of ether oxygens (including phenoxy) is 2. The van der Waals surface area contributed by atoms with E-state index in [9.17, 15) is 9.59 Å². The summed E-state index contributed by atoms with van der Waals surface area (Å²) < 4.78 is 12.8. The molecule has 4 rings (SSSR count). The lowest BCUT2D eigenvalue weighted by atomic mass is 10.2. The fourth-order valence-electron chi connectivity index (χ4n) is 3.43. The summed E-state index contributed by atoms with van der Waals surface area (Å²) in [5.41, 5.74) is 2.24. The lowest BCUT2D eigenvalue weighted by molar-refractivity contribution is -0.130. The van der Waals surface area contributed by atoms with E-state index < -0.39 is 0 Å². The van der Waals surface area contributed by atoms with E-state index in [-0.39, 0.29) is 24.5 Å². The fraction of sp³-hybridized carbons (Fsp3) is 0.318. The molecule has 2 N–H and O–H groups in total. The number of anilines is 1. The first-order chi connectivity index (χ1) is 15.0. The molecule has 0 saturated carbocycles. The molecule has 8 nitrogen and oxygen atoms in total. The van der Waals surface area contributed by atoms with Crippen molar-refractivity contribution < 1.29 is 19.1 Å². The van der Waals surface area contributed by atoms with E-state index in [1.54, 1.807) is 36.4 Å². The van der Waals surface area contributed by atoms with E-state index in [0.29, 0.717) is 29.6 Å². The maximum atomic E-state index is 12.2. The first kappa shape index (κ1) is 21.1. The molecule has 1 aliphatic heterocycles. The van der Waals surface area contributed by atoms with Crippen LogP contribution in [0.5, 0.6) is 5.75 Å². The average Bonchev–Trinajstić information content (AvgIpc) is 3.40. The molecule has 2 heterocycles. The molecule has 9 heteroatoms. The van der Waals surface area contributed by atoms with Crippen LogP contribution in [0.15, 0.2) is 42.5 Å². The van der Waals surface area contributed by atoms with Gasteiger partial charge in [-0.15, -0.1) is 0 Å². The summed E-state index contributed by atoms with van der Waals surface area (Å²) in [5, 5.41) is 6.29. The lowest BCUT2D eigenvalue weighted by Crippen LogP contribution is -2.34. The third kappa shape index (κ3) is 5.15. The van der Waals surface area contributed by atoms with Gasteiger partial charge in [-0.25, -0.2) is 4.98 Å². The molecule has 0 unspecified atom stereocenters. The quantitative estimate of drug-likeness (QED) is 0.586. The smallest absolute Gasteiger partial charge is 0.262 e. The van der Waals surface area contributed by atoms with Crippen molar-refractivity contribution in [3.8, 4) is 5.75 Å². The number of hydrogen-bond acceptors (Lipinski definition) is 5. The van der Waals surface area contributed by atoms with Gasteiger partial charge < -0.3 is 24.7 Å². The van der Waals surface area contributed by atoms with E-state index in [4.69, 9.17) is 21.1 Å². The Morgan fingerprint density at radius 2 is 2.06 bits per heavy atom. The van der Waals surface area contributed by atoms with Crippen LogP contribution in [-0.4, -0.2) is 40.7 Å². The number of nitrogens with zero attached hydrogens (tertiary/aromatic N) is 2. The van der Waals surface area contributed by atoms with Gasteiger partial charge in [-0.3, -0.25) is 9.59 Å². The highest BCUT2D eigenvalue weighted by atomic mass is 35.5. The topological polar surface area (TPSA) is 94.5 Å². The minimum absolute atomic E-state index is 0.113. The first-order valence-corrected chi connectivity index (χ1v) is 10.4. The normalized spacial score (nSPS) is 15.7. The highest BCUT2D eigenvalue weighted by molar-refractivity contribution is 6.30. The van der Waals surface area contributed by atoms with Gasteiger partial charge >= 0.3 is 0 Å². The fourth-order valence-corrected chi connectivity index (χ4v) is 3.55. The molecule has 2 aromatic carbocycles. The number of halogens is 1. The monoisotopic (exact) mass is 442 g/mol. The van der Waals surface area contributed by atoms with Gasteiger partial charge in [-0.2, -0.15) is 0 Å². The first-order valence-electron chi connectivity index (χ1n) is 10.0. The molecule has 0 bridgehead atoms. The number of aromatic nitrogens is 2. The Morgan fingerprint density at radius 1 is 1.26 bits per heavy atom. The number of carbonyl (C=O) groups excluding carboxylic acids is 2. The Hall–Kier alpha value is -3.10. The molecule has 1 atom stereocenters. The predicted molar refractivity (Wildman–Crippen MR) is 117 cm³/mol. The van der Waals surface area contributed by atoms with Crippen molar-refractivity contribution in [2.24, 2.45) is 7.05 Å². The van der Waals surface area contributed by atoms with Crippen LogP contribution in [0.2, 0.25) is 5.02 Å². The largest absolute Gasteiger partial charge is 0.484 e. The molecule has 0 aliphatic carbocycles. The minimum Gasteiger partial charge on any atom is -0.484 e. The van der Waals surface area contributed by atoms with E-state index in [1.807, 2.05) is 17.7 Å². The number of nitrogens with one attached hydrogen (secondary N) is 2. The van der Waals surface area contributed by atoms with Gasteiger partial charge in [0, 0.05) is 24.4 Å². The lowest BCUT2D eigenvalue weighted by Gasteiger charge is -2.10. The van der Waals surface area contributed by atoms with Gasteiger partial charge in [0.1, 0.15) is 17.7 Å². The van der Waals surface area contributed by atoms with Crippen molar-refractivity contribution in [3.05, 3.63) is 53.3 Å². The third-order valence-electron chi connectivity index (χ3n) is 5.08. The van der Waals surface area contributed by atoms with Crippen molar-refractivity contribution in [2.75, 3.05) is 18.5 Å². The van der Waals surface area contributed by atoms with Crippen molar-refractivity contribution in [3.63, 3.8) is 0 Å². The number of amides is 2.